The summed E-state index contributed by atoms with van der Waals surface area (Å²) in [6, 6.07) is 3.05. The zero-order valence-corrected chi connectivity index (χ0v) is 11.0. The van der Waals surface area contributed by atoms with Crippen LogP contribution in [-0.4, -0.2) is 32.7 Å². The van der Waals surface area contributed by atoms with Crippen molar-refractivity contribution in [3.8, 4) is 0 Å². The third kappa shape index (κ3) is 3.37. The van der Waals surface area contributed by atoms with Crippen LogP contribution in [0.15, 0.2) is 23.1 Å². The van der Waals surface area contributed by atoms with E-state index in [1.165, 1.54) is 6.07 Å². The summed E-state index contributed by atoms with van der Waals surface area (Å²) in [5.41, 5.74) is 0.166. The molecule has 0 radical (unpaired) electrons. The minimum atomic E-state index is -4.17. The third-order valence-electron chi connectivity index (χ3n) is 2.26. The molecule has 0 saturated heterocycles. The Bertz CT molecular complexity index is 522. The zero-order chi connectivity index (χ0) is 13.9. The SMILES string of the molecule is CN(CC(F)F)S(=O)(=O)c1cc(F)ccc1CCl. The first-order chi connectivity index (χ1) is 8.28. The number of hydrogen-bond donors (Lipinski definition) is 0. The molecule has 0 saturated carbocycles. The molecular weight excluding hydrogens is 291 g/mol. The van der Waals surface area contributed by atoms with Gasteiger partial charge in [0.15, 0.2) is 0 Å². The second-order valence-corrected chi connectivity index (χ2v) is 5.84. The van der Waals surface area contributed by atoms with Gasteiger partial charge in [-0.3, -0.25) is 0 Å². The van der Waals surface area contributed by atoms with Crippen LogP contribution in [0, 0.1) is 5.82 Å². The first-order valence-corrected chi connectivity index (χ1v) is 6.85. The highest BCUT2D eigenvalue weighted by molar-refractivity contribution is 7.89. The van der Waals surface area contributed by atoms with E-state index < -0.39 is 28.8 Å². The topological polar surface area (TPSA) is 37.4 Å². The number of sulfonamides is 1. The molecule has 3 nitrogen and oxygen atoms in total. The Morgan fingerprint density at radius 2 is 2.00 bits per heavy atom. The lowest BCUT2D eigenvalue weighted by atomic mass is 10.2. The van der Waals surface area contributed by atoms with Gasteiger partial charge in [0, 0.05) is 12.9 Å². The van der Waals surface area contributed by atoms with Gasteiger partial charge in [-0.05, 0) is 17.7 Å². The highest BCUT2D eigenvalue weighted by Gasteiger charge is 2.26. The second kappa shape index (κ2) is 5.90. The number of hydrogen-bond acceptors (Lipinski definition) is 2. The number of nitrogens with zero attached hydrogens (tertiary/aromatic N) is 1. The van der Waals surface area contributed by atoms with E-state index in [1.54, 1.807) is 0 Å². The van der Waals surface area contributed by atoms with E-state index in [-0.39, 0.29) is 16.3 Å². The Balaban J connectivity index is 3.23. The van der Waals surface area contributed by atoms with Crippen molar-refractivity contribution in [1.29, 1.82) is 0 Å². The average Bonchev–Trinajstić information content (AvgIpc) is 2.28. The van der Waals surface area contributed by atoms with Crippen LogP contribution in [0.25, 0.3) is 0 Å². The molecule has 0 bridgehead atoms. The van der Waals surface area contributed by atoms with E-state index in [9.17, 15) is 21.6 Å². The summed E-state index contributed by atoms with van der Waals surface area (Å²) in [6.45, 7) is -0.958. The summed E-state index contributed by atoms with van der Waals surface area (Å²) < 4.78 is 61.8. The molecule has 0 amide bonds. The molecule has 1 aromatic carbocycles. The average molecular weight is 302 g/mol. The maximum atomic E-state index is 13.1. The first-order valence-electron chi connectivity index (χ1n) is 4.88. The van der Waals surface area contributed by atoms with Crippen molar-refractivity contribution in [2.24, 2.45) is 0 Å². The molecular formula is C10H11ClF3NO2S. The number of alkyl halides is 3. The Hall–Kier alpha value is -0.790. The largest absolute Gasteiger partial charge is 0.252 e. The summed E-state index contributed by atoms with van der Waals surface area (Å²) in [4.78, 5) is -0.388. The van der Waals surface area contributed by atoms with E-state index in [4.69, 9.17) is 11.6 Å². The predicted molar refractivity (Wildman–Crippen MR) is 61.8 cm³/mol. The lowest BCUT2D eigenvalue weighted by Gasteiger charge is -2.18. The molecule has 0 atom stereocenters. The maximum Gasteiger partial charge on any atom is 0.252 e. The Kier molecular flexibility index (Phi) is 5.01. The molecule has 0 N–H and O–H groups in total. The monoisotopic (exact) mass is 301 g/mol. The summed E-state index contributed by atoms with van der Waals surface area (Å²) >= 11 is 5.55. The van der Waals surface area contributed by atoms with Gasteiger partial charge >= 0.3 is 0 Å². The van der Waals surface area contributed by atoms with Gasteiger partial charge in [-0.15, -0.1) is 11.6 Å². The highest BCUT2D eigenvalue weighted by atomic mass is 35.5. The van der Waals surface area contributed by atoms with Crippen molar-refractivity contribution >= 4 is 21.6 Å². The first kappa shape index (κ1) is 15.3. The smallest absolute Gasteiger partial charge is 0.209 e. The van der Waals surface area contributed by atoms with Crippen LogP contribution >= 0.6 is 11.6 Å². The normalized spacial score (nSPS) is 12.4. The number of halogens is 4. The van der Waals surface area contributed by atoms with Crippen molar-refractivity contribution < 1.29 is 21.6 Å². The van der Waals surface area contributed by atoms with Crippen molar-refractivity contribution in [1.82, 2.24) is 4.31 Å². The van der Waals surface area contributed by atoms with Crippen LogP contribution in [0.3, 0.4) is 0 Å². The van der Waals surface area contributed by atoms with Gasteiger partial charge in [-0.1, -0.05) is 6.07 Å². The minimum Gasteiger partial charge on any atom is -0.209 e. The highest BCUT2D eigenvalue weighted by Crippen LogP contribution is 2.22. The molecule has 18 heavy (non-hydrogen) atoms. The van der Waals surface area contributed by atoms with Gasteiger partial charge in [0.1, 0.15) is 5.82 Å². The lowest BCUT2D eigenvalue weighted by Crippen LogP contribution is -2.32. The molecule has 1 rings (SSSR count). The summed E-state index contributed by atoms with van der Waals surface area (Å²) in [6.07, 6.45) is -2.81. The maximum absolute atomic E-state index is 13.1. The van der Waals surface area contributed by atoms with Crippen LogP contribution in [0.5, 0.6) is 0 Å². The van der Waals surface area contributed by atoms with Crippen molar-refractivity contribution in [2.45, 2.75) is 17.2 Å². The fraction of sp³-hybridized carbons (Fsp3) is 0.400. The molecule has 0 aliphatic rings. The Labute approximate surface area is 108 Å². The zero-order valence-electron chi connectivity index (χ0n) is 9.41. The van der Waals surface area contributed by atoms with Gasteiger partial charge < -0.3 is 0 Å². The fourth-order valence-corrected chi connectivity index (χ4v) is 3.03. The molecule has 0 heterocycles. The van der Waals surface area contributed by atoms with Crippen LogP contribution in [0.4, 0.5) is 13.2 Å². The predicted octanol–water partition coefficient (Wildman–Crippen LogP) is 2.45. The van der Waals surface area contributed by atoms with Gasteiger partial charge in [-0.2, -0.15) is 4.31 Å². The van der Waals surface area contributed by atoms with Gasteiger partial charge in [0.2, 0.25) is 10.0 Å². The molecule has 0 fully saturated rings. The van der Waals surface area contributed by atoms with E-state index in [2.05, 4.69) is 0 Å². The van der Waals surface area contributed by atoms with Gasteiger partial charge in [0.05, 0.1) is 11.4 Å². The molecule has 8 heteroatoms. The molecule has 0 spiro atoms. The molecule has 102 valence electrons. The van der Waals surface area contributed by atoms with E-state index in [1.807, 2.05) is 0 Å². The molecule has 0 unspecified atom stereocenters. The van der Waals surface area contributed by atoms with Crippen LogP contribution in [-0.2, 0) is 15.9 Å². The van der Waals surface area contributed by atoms with Crippen molar-refractivity contribution in [3.05, 3.63) is 29.6 Å². The Morgan fingerprint density at radius 1 is 1.39 bits per heavy atom. The lowest BCUT2D eigenvalue weighted by molar-refractivity contribution is 0.126. The van der Waals surface area contributed by atoms with Gasteiger partial charge in [0.25, 0.3) is 6.43 Å². The second-order valence-electron chi connectivity index (χ2n) is 3.56. The molecule has 1 aromatic rings. The number of benzene rings is 1. The van der Waals surface area contributed by atoms with Crippen molar-refractivity contribution in [2.75, 3.05) is 13.6 Å². The molecule has 0 aliphatic heterocycles. The third-order valence-corrected chi connectivity index (χ3v) is 4.45. The summed E-state index contributed by atoms with van der Waals surface area (Å²) in [5, 5.41) is 0. The Morgan fingerprint density at radius 3 is 2.50 bits per heavy atom. The van der Waals surface area contributed by atoms with Crippen molar-refractivity contribution in [3.63, 3.8) is 0 Å². The summed E-state index contributed by atoms with van der Waals surface area (Å²) in [7, 11) is -3.17. The standard InChI is InChI=1S/C10H11ClF3NO2S/c1-15(6-10(13)14)18(16,17)9-4-8(12)3-2-7(9)5-11/h2-4,10H,5-6H2,1H3. The summed E-state index contributed by atoms with van der Waals surface area (Å²) in [5.74, 6) is -0.926. The van der Waals surface area contributed by atoms with Crippen LogP contribution in [0.2, 0.25) is 0 Å². The van der Waals surface area contributed by atoms with Crippen LogP contribution in [0.1, 0.15) is 5.56 Å². The van der Waals surface area contributed by atoms with E-state index >= 15 is 0 Å². The molecule has 0 aromatic heterocycles. The molecule has 0 aliphatic carbocycles. The fourth-order valence-electron chi connectivity index (χ4n) is 1.34. The van der Waals surface area contributed by atoms with Gasteiger partial charge in [-0.25, -0.2) is 21.6 Å². The van der Waals surface area contributed by atoms with Crippen LogP contribution < -0.4 is 0 Å². The minimum absolute atomic E-state index is 0.155. The van der Waals surface area contributed by atoms with E-state index in [0.29, 0.717) is 4.31 Å². The van der Waals surface area contributed by atoms with E-state index in [0.717, 1.165) is 19.2 Å². The quantitative estimate of drug-likeness (QED) is 0.784. The number of rotatable bonds is 5.